The summed E-state index contributed by atoms with van der Waals surface area (Å²) < 4.78 is 19.8. The Morgan fingerprint density at radius 2 is 1.81 bits per heavy atom. The predicted octanol–water partition coefficient (Wildman–Crippen LogP) is 1.65. The molecule has 1 amide bonds. The zero-order chi connectivity index (χ0) is 18.7. The maximum Gasteiger partial charge on any atom is 0.242 e. The lowest BCUT2D eigenvalue weighted by atomic mass is 10.2. The molecule has 1 aliphatic rings. The fourth-order valence-corrected chi connectivity index (χ4v) is 3.09. The largest absolute Gasteiger partial charge is 0.491 e. The number of hydrogen-bond acceptors (Lipinski definition) is 4. The Labute approximate surface area is 151 Å². The highest BCUT2D eigenvalue weighted by Gasteiger charge is 2.22. The molecule has 26 heavy (non-hydrogen) atoms. The summed E-state index contributed by atoms with van der Waals surface area (Å²) in [5.74, 6) is -0.0310. The molecule has 0 bridgehead atoms. The third kappa shape index (κ3) is 3.87. The zero-order valence-electron chi connectivity index (χ0n) is 14.9. The number of aryl methyl sites for hydroxylation is 1. The molecule has 1 aromatic heterocycles. The third-order valence-corrected chi connectivity index (χ3v) is 4.66. The molecule has 0 radical (unpaired) electrons. The van der Waals surface area contributed by atoms with Gasteiger partial charge < -0.3 is 19.1 Å². The fourth-order valence-electron chi connectivity index (χ4n) is 3.09. The summed E-state index contributed by atoms with van der Waals surface area (Å²) in [6.45, 7) is 4.56. The molecule has 0 N–H and O–H groups in total. The second kappa shape index (κ2) is 7.59. The van der Waals surface area contributed by atoms with Crippen LogP contribution in [0.1, 0.15) is 5.69 Å². The van der Waals surface area contributed by atoms with Crippen molar-refractivity contribution in [3.05, 3.63) is 58.3 Å². The highest BCUT2D eigenvalue weighted by molar-refractivity contribution is 5.76. The van der Waals surface area contributed by atoms with Gasteiger partial charge in [0, 0.05) is 43.6 Å². The quantitative estimate of drug-likeness (QED) is 0.833. The van der Waals surface area contributed by atoms with Gasteiger partial charge in [-0.05, 0) is 31.2 Å². The first-order chi connectivity index (χ1) is 12.5. The molecule has 0 unspecified atom stereocenters. The van der Waals surface area contributed by atoms with Crippen molar-refractivity contribution in [3.8, 4) is 5.75 Å². The van der Waals surface area contributed by atoms with Gasteiger partial charge in [-0.3, -0.25) is 9.59 Å². The topological polar surface area (TPSA) is 54.8 Å². The van der Waals surface area contributed by atoms with Crippen molar-refractivity contribution in [2.45, 2.75) is 13.5 Å². The third-order valence-electron chi connectivity index (χ3n) is 4.66. The van der Waals surface area contributed by atoms with Gasteiger partial charge in [-0.15, -0.1) is 0 Å². The number of carbonyl (C=O) groups is 1. The number of carbonyl (C=O) groups excluding carboxylic acids is 1. The van der Waals surface area contributed by atoms with Crippen molar-refractivity contribution < 1.29 is 13.9 Å². The van der Waals surface area contributed by atoms with Crippen LogP contribution in [0.25, 0.3) is 0 Å². The van der Waals surface area contributed by atoms with E-state index < -0.39 is 0 Å². The molecule has 1 aromatic carbocycles. The van der Waals surface area contributed by atoms with E-state index in [4.69, 9.17) is 4.74 Å². The number of piperazine rings is 1. The van der Waals surface area contributed by atoms with Gasteiger partial charge in [0.25, 0.3) is 0 Å². The van der Waals surface area contributed by atoms with E-state index in [0.717, 1.165) is 5.69 Å². The standard InChI is InChI=1S/C19H22FN3O3/c1-14-11-17(24)18(26-2)12-23(14)13-19(25)22-9-7-21(8-10-22)16-5-3-15(20)4-6-16/h3-6,11-12H,7-10,13H2,1-2H3. The molecular formula is C19H22FN3O3. The smallest absolute Gasteiger partial charge is 0.242 e. The van der Waals surface area contributed by atoms with Crippen LogP contribution in [0.15, 0.2) is 41.3 Å². The van der Waals surface area contributed by atoms with Gasteiger partial charge in [-0.2, -0.15) is 0 Å². The minimum absolute atomic E-state index is 0.00226. The first-order valence-electron chi connectivity index (χ1n) is 8.51. The molecule has 0 aliphatic carbocycles. The number of benzene rings is 1. The van der Waals surface area contributed by atoms with Crippen LogP contribution in [0.2, 0.25) is 0 Å². The monoisotopic (exact) mass is 359 g/mol. The molecule has 1 aliphatic heterocycles. The molecule has 3 rings (SSSR count). The fraction of sp³-hybridized carbons (Fsp3) is 0.368. The Hall–Kier alpha value is -2.83. The van der Waals surface area contributed by atoms with Crippen molar-refractivity contribution in [1.82, 2.24) is 9.47 Å². The van der Waals surface area contributed by atoms with Gasteiger partial charge in [-0.1, -0.05) is 0 Å². The van der Waals surface area contributed by atoms with Crippen molar-refractivity contribution in [3.63, 3.8) is 0 Å². The lowest BCUT2D eigenvalue weighted by molar-refractivity contribution is -0.132. The van der Waals surface area contributed by atoms with Crippen LogP contribution in [0.3, 0.4) is 0 Å². The van der Waals surface area contributed by atoms with E-state index in [9.17, 15) is 14.0 Å². The highest BCUT2D eigenvalue weighted by Crippen LogP contribution is 2.17. The molecule has 6 nitrogen and oxygen atoms in total. The van der Waals surface area contributed by atoms with Crippen LogP contribution in [0.5, 0.6) is 5.75 Å². The number of halogens is 1. The maximum atomic E-state index is 13.0. The summed E-state index contributed by atoms with van der Waals surface area (Å²) in [5, 5.41) is 0. The number of hydrogen-bond donors (Lipinski definition) is 0. The van der Waals surface area contributed by atoms with Crippen molar-refractivity contribution >= 4 is 11.6 Å². The zero-order valence-corrected chi connectivity index (χ0v) is 14.9. The predicted molar refractivity (Wildman–Crippen MR) is 97.2 cm³/mol. The maximum absolute atomic E-state index is 13.0. The highest BCUT2D eigenvalue weighted by atomic mass is 19.1. The van der Waals surface area contributed by atoms with E-state index in [2.05, 4.69) is 4.90 Å². The number of aromatic nitrogens is 1. The minimum Gasteiger partial charge on any atom is -0.491 e. The molecule has 2 heterocycles. The molecule has 0 atom stereocenters. The molecule has 1 fully saturated rings. The summed E-state index contributed by atoms with van der Waals surface area (Å²) in [5.41, 5.74) is 1.48. The van der Waals surface area contributed by atoms with Crippen LogP contribution in [-0.4, -0.2) is 48.7 Å². The van der Waals surface area contributed by atoms with E-state index in [1.807, 2.05) is 4.90 Å². The van der Waals surface area contributed by atoms with Crippen LogP contribution < -0.4 is 15.1 Å². The SMILES string of the molecule is COc1cn(CC(=O)N2CCN(c3ccc(F)cc3)CC2)c(C)cc1=O. The Morgan fingerprint density at radius 3 is 2.42 bits per heavy atom. The van der Waals surface area contributed by atoms with Crippen LogP contribution in [-0.2, 0) is 11.3 Å². The number of anilines is 1. The number of amides is 1. The summed E-state index contributed by atoms with van der Waals surface area (Å²) >= 11 is 0. The first kappa shape index (κ1) is 18.0. The molecule has 0 saturated carbocycles. The van der Waals surface area contributed by atoms with E-state index >= 15 is 0 Å². The Balaban J connectivity index is 1.62. The summed E-state index contributed by atoms with van der Waals surface area (Å²) in [7, 11) is 1.44. The summed E-state index contributed by atoms with van der Waals surface area (Å²) in [6.07, 6.45) is 1.57. The molecule has 7 heteroatoms. The average Bonchev–Trinajstić information content (AvgIpc) is 2.64. The molecule has 138 valence electrons. The number of nitrogens with zero attached hydrogens (tertiary/aromatic N) is 3. The number of ether oxygens (including phenoxy) is 1. The van der Waals surface area contributed by atoms with Crippen LogP contribution >= 0.6 is 0 Å². The van der Waals surface area contributed by atoms with E-state index in [1.165, 1.54) is 25.3 Å². The Kier molecular flexibility index (Phi) is 5.25. The summed E-state index contributed by atoms with van der Waals surface area (Å²) in [6, 6.07) is 7.86. The molecule has 2 aromatic rings. The van der Waals surface area contributed by atoms with Gasteiger partial charge in [0.05, 0.1) is 13.3 Å². The molecule has 1 saturated heterocycles. The molecular weight excluding hydrogens is 337 g/mol. The lowest BCUT2D eigenvalue weighted by Gasteiger charge is -2.36. The van der Waals surface area contributed by atoms with Crippen molar-refractivity contribution in [1.29, 1.82) is 0 Å². The van der Waals surface area contributed by atoms with Gasteiger partial charge in [-0.25, -0.2) is 4.39 Å². The number of rotatable bonds is 4. The average molecular weight is 359 g/mol. The van der Waals surface area contributed by atoms with Crippen molar-refractivity contribution in [2.75, 3.05) is 38.2 Å². The van der Waals surface area contributed by atoms with Gasteiger partial charge >= 0.3 is 0 Å². The van der Waals surface area contributed by atoms with Crippen molar-refractivity contribution in [2.24, 2.45) is 0 Å². The number of methoxy groups -OCH3 is 1. The van der Waals surface area contributed by atoms with Crippen LogP contribution in [0, 0.1) is 12.7 Å². The molecule has 0 spiro atoms. The van der Waals surface area contributed by atoms with E-state index in [-0.39, 0.29) is 29.4 Å². The minimum atomic E-state index is -0.255. The van der Waals surface area contributed by atoms with Gasteiger partial charge in [0.1, 0.15) is 12.4 Å². The number of pyridine rings is 1. The summed E-state index contributed by atoms with van der Waals surface area (Å²) in [4.78, 5) is 28.3. The van der Waals surface area contributed by atoms with Gasteiger partial charge in [0.15, 0.2) is 5.75 Å². The second-order valence-corrected chi connectivity index (χ2v) is 6.32. The van der Waals surface area contributed by atoms with E-state index in [1.54, 1.807) is 29.8 Å². The Bertz CT molecular complexity index is 840. The van der Waals surface area contributed by atoms with E-state index in [0.29, 0.717) is 31.9 Å². The van der Waals surface area contributed by atoms with Crippen LogP contribution in [0.4, 0.5) is 10.1 Å². The second-order valence-electron chi connectivity index (χ2n) is 6.32. The first-order valence-corrected chi connectivity index (χ1v) is 8.51. The van der Waals surface area contributed by atoms with Gasteiger partial charge in [0.2, 0.25) is 11.3 Å². The lowest BCUT2D eigenvalue weighted by Crippen LogP contribution is -2.49. The Morgan fingerprint density at radius 1 is 1.15 bits per heavy atom. The normalized spacial score (nSPS) is 14.4.